The van der Waals surface area contributed by atoms with Gasteiger partial charge < -0.3 is 54.1 Å². The van der Waals surface area contributed by atoms with Gasteiger partial charge in [0.2, 0.25) is 12.2 Å². The summed E-state index contributed by atoms with van der Waals surface area (Å²) < 4.78 is 27.2. The lowest BCUT2D eigenvalue weighted by Gasteiger charge is -2.61. The molecule has 2 bridgehead atoms. The molecule has 2 aliphatic heterocycles. The number of carbonyl (C=O) groups excluding carboxylic acids is 3. The Morgan fingerprint density at radius 3 is 2.36 bits per heavy atom. The summed E-state index contributed by atoms with van der Waals surface area (Å²) in [6, 6.07) is 3.36. The van der Waals surface area contributed by atoms with Gasteiger partial charge in [0.1, 0.15) is 5.76 Å². The standard InChI is InChI=1S/C30H33NO16/c1-31-8-7-29-23-13-3-4-15(43-2)24(23)47-25(29)16(5-6-30(29,42)19(31)9-13)44-22(36)12-18(45-21(35)10-14(32)26(37)38)28(41)46-17(27(39)40)11-20(33)34/h3-5,14,17-19,25,32,42H,6-12H2,1-2H3,(H,33,34)(H,37,38)(H,39,40)/t14-,17+,18-,19-,25+,29+,30-/m0/s1. The van der Waals surface area contributed by atoms with Gasteiger partial charge in [-0.25, -0.2) is 14.4 Å². The Hall–Kier alpha value is -4.74. The molecular weight excluding hydrogens is 630 g/mol. The van der Waals surface area contributed by atoms with E-state index in [9.17, 15) is 44.1 Å². The minimum atomic E-state index is -2.23. The van der Waals surface area contributed by atoms with Crippen LogP contribution < -0.4 is 9.47 Å². The minimum absolute atomic E-state index is 0.0110. The van der Waals surface area contributed by atoms with Crippen molar-refractivity contribution in [2.75, 3.05) is 20.7 Å². The van der Waals surface area contributed by atoms with Gasteiger partial charge in [0, 0.05) is 18.0 Å². The third-order valence-corrected chi connectivity index (χ3v) is 9.22. The van der Waals surface area contributed by atoms with Crippen molar-refractivity contribution in [3.8, 4) is 11.5 Å². The number of rotatable bonds is 13. The molecule has 17 nitrogen and oxygen atoms in total. The summed E-state index contributed by atoms with van der Waals surface area (Å²) in [5, 5.41) is 48.9. The van der Waals surface area contributed by atoms with Crippen molar-refractivity contribution >= 4 is 35.8 Å². The fraction of sp³-hybridized carbons (Fsp3) is 0.533. The van der Waals surface area contributed by atoms with E-state index in [1.54, 1.807) is 6.07 Å². The predicted molar refractivity (Wildman–Crippen MR) is 150 cm³/mol. The van der Waals surface area contributed by atoms with Crippen LogP contribution in [-0.4, -0.2) is 123 Å². The zero-order valence-electron chi connectivity index (χ0n) is 25.2. The Kier molecular flexibility index (Phi) is 8.91. The number of carboxylic acids is 3. The lowest BCUT2D eigenvalue weighted by Crippen LogP contribution is -2.74. The highest BCUT2D eigenvalue weighted by Gasteiger charge is 2.72. The number of benzene rings is 1. The quantitative estimate of drug-likeness (QED) is 0.127. The zero-order valence-corrected chi connectivity index (χ0v) is 25.2. The number of hydrogen-bond acceptors (Lipinski definition) is 14. The van der Waals surface area contributed by atoms with Crippen molar-refractivity contribution in [1.82, 2.24) is 4.90 Å². The normalized spacial score (nSPS) is 27.1. The Labute approximate surface area is 266 Å². The molecule has 1 fully saturated rings. The maximum atomic E-state index is 13.3. The fourth-order valence-corrected chi connectivity index (χ4v) is 7.09. The Bertz CT molecular complexity index is 1550. The van der Waals surface area contributed by atoms with Gasteiger partial charge in [-0.05, 0) is 44.1 Å². The van der Waals surface area contributed by atoms with Gasteiger partial charge >= 0.3 is 35.8 Å². The molecule has 5 rings (SSSR count). The molecule has 1 aromatic rings. The molecule has 47 heavy (non-hydrogen) atoms. The second-order valence-corrected chi connectivity index (χ2v) is 11.9. The van der Waals surface area contributed by atoms with E-state index in [-0.39, 0.29) is 18.2 Å². The maximum Gasteiger partial charge on any atom is 0.348 e. The molecule has 0 saturated carbocycles. The number of likely N-dealkylation sites (N-methyl/N-ethyl adjacent to an activating group) is 1. The van der Waals surface area contributed by atoms with Crippen molar-refractivity contribution < 1.29 is 78.0 Å². The first kappa shape index (κ1) is 33.6. The maximum absolute atomic E-state index is 13.3. The number of aliphatic hydroxyl groups excluding tert-OH is 1. The first-order chi connectivity index (χ1) is 22.1. The van der Waals surface area contributed by atoms with Gasteiger partial charge in [-0.15, -0.1) is 0 Å². The molecule has 0 unspecified atom stereocenters. The van der Waals surface area contributed by atoms with Crippen molar-refractivity contribution in [3.05, 3.63) is 35.1 Å². The van der Waals surface area contributed by atoms with Gasteiger partial charge in [0.15, 0.2) is 23.7 Å². The minimum Gasteiger partial charge on any atom is -0.493 e. The second kappa shape index (κ2) is 12.5. The van der Waals surface area contributed by atoms with E-state index in [1.807, 2.05) is 13.1 Å². The van der Waals surface area contributed by atoms with Gasteiger partial charge in [-0.2, -0.15) is 0 Å². The van der Waals surface area contributed by atoms with Crippen LogP contribution in [0.25, 0.3) is 0 Å². The van der Waals surface area contributed by atoms with Crippen LogP contribution in [0, 0.1) is 0 Å². The van der Waals surface area contributed by atoms with Crippen LogP contribution in [0.1, 0.15) is 43.2 Å². The Balaban J connectivity index is 1.41. The molecule has 1 saturated heterocycles. The third-order valence-electron chi connectivity index (χ3n) is 9.22. The summed E-state index contributed by atoms with van der Waals surface area (Å²) in [6.07, 6.45) is -8.58. The van der Waals surface area contributed by atoms with Crippen LogP contribution in [0.5, 0.6) is 11.5 Å². The molecule has 1 spiro atoms. The van der Waals surface area contributed by atoms with E-state index < -0.39 is 90.5 Å². The number of carboxylic acid groups (broad SMARTS) is 3. The highest BCUT2D eigenvalue weighted by molar-refractivity contribution is 5.88. The number of esters is 3. The van der Waals surface area contributed by atoms with E-state index in [0.29, 0.717) is 30.9 Å². The summed E-state index contributed by atoms with van der Waals surface area (Å²) in [6.45, 7) is 0.581. The van der Waals surface area contributed by atoms with Crippen molar-refractivity contribution in [1.29, 1.82) is 0 Å². The molecule has 0 radical (unpaired) electrons. The number of carbonyl (C=O) groups is 6. The molecule has 0 amide bonds. The molecule has 254 valence electrons. The molecule has 17 heteroatoms. The Morgan fingerprint density at radius 2 is 1.72 bits per heavy atom. The molecule has 4 aliphatic rings. The SMILES string of the molecule is COc1ccc2c3c1O[C@@H]1C(OC(=O)C[C@H](OC(=O)C[C@H](O)C(=O)O)C(=O)O[C@H](CC(=O)O)C(=O)O)=CC[C@]4(O)[C@H](C2)N(C)CC[C@@]314. The number of aliphatic carboxylic acids is 3. The summed E-state index contributed by atoms with van der Waals surface area (Å²) in [5.41, 5.74) is -0.686. The van der Waals surface area contributed by atoms with Crippen LogP contribution in [-0.2, 0) is 54.8 Å². The molecule has 2 aliphatic carbocycles. The van der Waals surface area contributed by atoms with Crippen LogP contribution in [0.3, 0.4) is 0 Å². The van der Waals surface area contributed by atoms with Gasteiger partial charge in [-0.1, -0.05) is 6.07 Å². The number of hydrogen-bond donors (Lipinski definition) is 5. The number of likely N-dealkylation sites (tertiary alicyclic amines) is 1. The number of piperidine rings is 1. The van der Waals surface area contributed by atoms with E-state index in [0.717, 1.165) is 11.1 Å². The average molecular weight is 664 g/mol. The first-order valence-electron chi connectivity index (χ1n) is 14.6. The van der Waals surface area contributed by atoms with Gasteiger partial charge in [-0.3, -0.25) is 14.4 Å². The molecular formula is C30H33NO16. The van der Waals surface area contributed by atoms with Crippen LogP contribution in [0.2, 0.25) is 0 Å². The summed E-state index contributed by atoms with van der Waals surface area (Å²) >= 11 is 0. The summed E-state index contributed by atoms with van der Waals surface area (Å²) in [4.78, 5) is 74.1. The highest BCUT2D eigenvalue weighted by atomic mass is 16.6. The average Bonchev–Trinajstić information content (AvgIpc) is 3.35. The van der Waals surface area contributed by atoms with Crippen LogP contribution in [0.4, 0.5) is 0 Å². The molecule has 1 aromatic carbocycles. The zero-order chi connectivity index (χ0) is 34.4. The summed E-state index contributed by atoms with van der Waals surface area (Å²) in [7, 11) is 3.38. The van der Waals surface area contributed by atoms with E-state index in [1.165, 1.54) is 13.2 Å². The second-order valence-electron chi connectivity index (χ2n) is 11.9. The molecule has 2 heterocycles. The largest absolute Gasteiger partial charge is 0.493 e. The summed E-state index contributed by atoms with van der Waals surface area (Å²) in [5.74, 6) is -8.76. The number of nitrogens with zero attached hydrogens (tertiary/aromatic N) is 1. The Morgan fingerprint density at radius 1 is 1.00 bits per heavy atom. The predicted octanol–water partition coefficient (Wildman–Crippen LogP) is -0.875. The topological polar surface area (TPSA) is 253 Å². The highest BCUT2D eigenvalue weighted by Crippen LogP contribution is 2.65. The van der Waals surface area contributed by atoms with E-state index >= 15 is 0 Å². The smallest absolute Gasteiger partial charge is 0.348 e. The van der Waals surface area contributed by atoms with Crippen LogP contribution in [0.15, 0.2) is 24.0 Å². The monoisotopic (exact) mass is 663 g/mol. The molecule has 0 aromatic heterocycles. The van der Waals surface area contributed by atoms with Crippen molar-refractivity contribution in [2.24, 2.45) is 0 Å². The first-order valence-corrected chi connectivity index (χ1v) is 14.6. The van der Waals surface area contributed by atoms with Crippen LogP contribution >= 0.6 is 0 Å². The number of ether oxygens (including phenoxy) is 5. The van der Waals surface area contributed by atoms with Crippen molar-refractivity contribution in [3.63, 3.8) is 0 Å². The van der Waals surface area contributed by atoms with Gasteiger partial charge in [0.25, 0.3) is 0 Å². The lowest BCUT2D eigenvalue weighted by molar-refractivity contribution is -0.182. The number of aliphatic hydroxyl groups is 2. The third kappa shape index (κ3) is 5.74. The van der Waals surface area contributed by atoms with E-state index in [4.69, 9.17) is 33.9 Å². The number of methoxy groups -OCH3 is 1. The van der Waals surface area contributed by atoms with E-state index in [2.05, 4.69) is 4.90 Å². The lowest BCUT2D eigenvalue weighted by atomic mass is 9.50. The van der Waals surface area contributed by atoms with Crippen molar-refractivity contribution in [2.45, 2.75) is 80.0 Å². The molecule has 5 N–H and O–H groups in total. The van der Waals surface area contributed by atoms with Gasteiger partial charge in [0.05, 0.1) is 37.4 Å². The fourth-order valence-electron chi connectivity index (χ4n) is 7.09. The molecule has 7 atom stereocenters.